The Hall–Kier alpha value is -0.830. The fourth-order valence-electron chi connectivity index (χ4n) is 3.78. The fourth-order valence-corrected chi connectivity index (χ4v) is 3.78. The topological polar surface area (TPSA) is 27.1 Å². The van der Waals surface area contributed by atoms with E-state index in [1.165, 1.54) is 51.4 Å². The van der Waals surface area contributed by atoms with Gasteiger partial charge in [0.05, 0.1) is 12.4 Å². The summed E-state index contributed by atoms with van der Waals surface area (Å²) in [5, 5.41) is 0. The zero-order valence-electron chi connectivity index (χ0n) is 14.5. The van der Waals surface area contributed by atoms with Crippen molar-refractivity contribution in [3.8, 4) is 0 Å². The van der Waals surface area contributed by atoms with Crippen LogP contribution in [0.4, 0.5) is 0 Å². The van der Waals surface area contributed by atoms with Crippen molar-refractivity contribution in [2.24, 2.45) is 11.8 Å². The summed E-state index contributed by atoms with van der Waals surface area (Å²) in [6, 6.07) is 0. The normalized spacial score (nSPS) is 23.5. The number of hydrogen-bond donors (Lipinski definition) is 0. The molecule has 126 valence electrons. The lowest BCUT2D eigenvalue weighted by Crippen LogP contribution is -2.32. The highest BCUT2D eigenvalue weighted by Gasteiger charge is 2.29. The summed E-state index contributed by atoms with van der Waals surface area (Å²) in [7, 11) is 0. The van der Waals surface area contributed by atoms with E-state index in [1.807, 2.05) is 12.5 Å². The first-order valence-electron chi connectivity index (χ1n) is 9.38. The molecule has 0 aromatic carbocycles. The number of aryl methyl sites for hydroxylation is 1. The summed E-state index contributed by atoms with van der Waals surface area (Å²) in [4.78, 5) is 4.15. The molecule has 3 unspecified atom stereocenters. The van der Waals surface area contributed by atoms with E-state index in [9.17, 15) is 0 Å². The molecule has 2 rings (SSSR count). The van der Waals surface area contributed by atoms with Crippen molar-refractivity contribution in [2.75, 3.05) is 6.61 Å². The monoisotopic (exact) mass is 306 g/mol. The summed E-state index contributed by atoms with van der Waals surface area (Å²) in [6.07, 6.45) is 18.1. The molecule has 1 saturated carbocycles. The van der Waals surface area contributed by atoms with Crippen LogP contribution in [0.3, 0.4) is 0 Å². The van der Waals surface area contributed by atoms with E-state index in [2.05, 4.69) is 29.6 Å². The van der Waals surface area contributed by atoms with Gasteiger partial charge >= 0.3 is 0 Å². The number of imidazole rings is 1. The molecular weight excluding hydrogens is 272 g/mol. The first-order chi connectivity index (χ1) is 10.8. The standard InChI is InChI=1S/C19H34N2O/c1-3-4-5-8-15-22-19(11-13-21-14-12-20-16-21)18-10-7-6-9-17(18)2/h12,14,16-19H,3-11,13,15H2,1-2H3. The molecule has 0 spiro atoms. The van der Waals surface area contributed by atoms with Gasteiger partial charge in [0.15, 0.2) is 0 Å². The van der Waals surface area contributed by atoms with Gasteiger partial charge in [0.2, 0.25) is 0 Å². The summed E-state index contributed by atoms with van der Waals surface area (Å²) in [5.74, 6) is 1.57. The highest BCUT2D eigenvalue weighted by Crippen LogP contribution is 2.34. The number of rotatable bonds is 10. The second-order valence-electron chi connectivity index (χ2n) is 6.98. The van der Waals surface area contributed by atoms with Crippen molar-refractivity contribution in [3.05, 3.63) is 18.7 Å². The average Bonchev–Trinajstić information content (AvgIpc) is 3.04. The minimum absolute atomic E-state index is 0.430. The van der Waals surface area contributed by atoms with Crippen molar-refractivity contribution in [2.45, 2.75) is 84.3 Å². The molecule has 1 aromatic heterocycles. The van der Waals surface area contributed by atoms with Gasteiger partial charge < -0.3 is 9.30 Å². The van der Waals surface area contributed by atoms with Crippen LogP contribution in [-0.2, 0) is 11.3 Å². The van der Waals surface area contributed by atoms with E-state index in [4.69, 9.17) is 4.74 Å². The van der Waals surface area contributed by atoms with Gasteiger partial charge in [0.25, 0.3) is 0 Å². The van der Waals surface area contributed by atoms with Crippen molar-refractivity contribution in [3.63, 3.8) is 0 Å². The highest BCUT2D eigenvalue weighted by molar-refractivity contribution is 4.81. The molecule has 1 aliphatic rings. The van der Waals surface area contributed by atoms with E-state index >= 15 is 0 Å². The zero-order chi connectivity index (χ0) is 15.6. The molecule has 0 N–H and O–H groups in total. The maximum absolute atomic E-state index is 6.36. The summed E-state index contributed by atoms with van der Waals surface area (Å²) in [5.41, 5.74) is 0. The molecule has 3 atom stereocenters. The van der Waals surface area contributed by atoms with Gasteiger partial charge in [0.1, 0.15) is 0 Å². The predicted octanol–water partition coefficient (Wildman–Crippen LogP) is 5.07. The predicted molar refractivity (Wildman–Crippen MR) is 91.8 cm³/mol. The summed E-state index contributed by atoms with van der Waals surface area (Å²) < 4.78 is 8.54. The SMILES string of the molecule is CCCCCCOC(CCn1ccnc1)C1CCCCC1C. The quantitative estimate of drug-likeness (QED) is 0.565. The number of aromatic nitrogens is 2. The van der Waals surface area contributed by atoms with Crippen LogP contribution in [0.25, 0.3) is 0 Å². The van der Waals surface area contributed by atoms with Crippen LogP contribution >= 0.6 is 0 Å². The lowest BCUT2D eigenvalue weighted by Gasteiger charge is -2.35. The number of ether oxygens (including phenoxy) is 1. The van der Waals surface area contributed by atoms with Gasteiger partial charge in [-0.25, -0.2) is 4.98 Å². The Morgan fingerprint density at radius 1 is 1.23 bits per heavy atom. The minimum Gasteiger partial charge on any atom is -0.378 e. The van der Waals surface area contributed by atoms with Crippen molar-refractivity contribution >= 4 is 0 Å². The Balaban J connectivity index is 1.82. The average molecular weight is 306 g/mol. The molecule has 0 bridgehead atoms. The van der Waals surface area contributed by atoms with E-state index in [1.54, 1.807) is 0 Å². The van der Waals surface area contributed by atoms with Crippen molar-refractivity contribution < 1.29 is 4.74 Å². The maximum atomic E-state index is 6.36. The second kappa shape index (κ2) is 10.0. The van der Waals surface area contributed by atoms with Gasteiger partial charge in [-0.05, 0) is 31.1 Å². The van der Waals surface area contributed by atoms with Crippen LogP contribution in [0.1, 0.15) is 71.6 Å². The van der Waals surface area contributed by atoms with Gasteiger partial charge in [-0.3, -0.25) is 0 Å². The van der Waals surface area contributed by atoms with E-state index in [0.29, 0.717) is 6.10 Å². The molecule has 0 amide bonds. The number of nitrogens with zero attached hydrogens (tertiary/aromatic N) is 2. The highest BCUT2D eigenvalue weighted by atomic mass is 16.5. The maximum Gasteiger partial charge on any atom is 0.0945 e. The Morgan fingerprint density at radius 3 is 2.82 bits per heavy atom. The third-order valence-corrected chi connectivity index (χ3v) is 5.22. The lowest BCUT2D eigenvalue weighted by molar-refractivity contribution is -0.0258. The Morgan fingerprint density at radius 2 is 2.09 bits per heavy atom. The Kier molecular flexibility index (Phi) is 8.00. The smallest absolute Gasteiger partial charge is 0.0945 e. The van der Waals surface area contributed by atoms with Crippen molar-refractivity contribution in [1.29, 1.82) is 0 Å². The number of unbranched alkanes of at least 4 members (excludes halogenated alkanes) is 3. The molecule has 0 radical (unpaired) electrons. The molecular formula is C19H34N2O. The molecule has 0 aliphatic heterocycles. The molecule has 1 aromatic rings. The van der Waals surface area contributed by atoms with E-state index in [-0.39, 0.29) is 0 Å². The van der Waals surface area contributed by atoms with Crippen LogP contribution < -0.4 is 0 Å². The Labute approximate surface area is 136 Å². The van der Waals surface area contributed by atoms with Crippen LogP contribution in [0.5, 0.6) is 0 Å². The van der Waals surface area contributed by atoms with Crippen LogP contribution in [0.15, 0.2) is 18.7 Å². The van der Waals surface area contributed by atoms with E-state index in [0.717, 1.165) is 31.4 Å². The fraction of sp³-hybridized carbons (Fsp3) is 0.842. The van der Waals surface area contributed by atoms with Gasteiger partial charge in [0, 0.05) is 25.5 Å². The first kappa shape index (κ1) is 17.5. The molecule has 22 heavy (non-hydrogen) atoms. The molecule has 3 heteroatoms. The molecule has 1 heterocycles. The number of hydrogen-bond acceptors (Lipinski definition) is 2. The van der Waals surface area contributed by atoms with Gasteiger partial charge in [-0.2, -0.15) is 0 Å². The zero-order valence-corrected chi connectivity index (χ0v) is 14.5. The largest absolute Gasteiger partial charge is 0.378 e. The molecule has 0 saturated heterocycles. The van der Waals surface area contributed by atoms with Crippen LogP contribution in [0, 0.1) is 11.8 Å². The summed E-state index contributed by atoms with van der Waals surface area (Å²) in [6.45, 7) is 6.66. The third-order valence-electron chi connectivity index (χ3n) is 5.22. The van der Waals surface area contributed by atoms with Crippen LogP contribution in [-0.4, -0.2) is 22.3 Å². The van der Waals surface area contributed by atoms with Gasteiger partial charge in [-0.1, -0.05) is 52.4 Å². The Bertz CT molecular complexity index is 377. The summed E-state index contributed by atoms with van der Waals surface area (Å²) >= 11 is 0. The van der Waals surface area contributed by atoms with Gasteiger partial charge in [-0.15, -0.1) is 0 Å². The molecule has 1 fully saturated rings. The lowest BCUT2D eigenvalue weighted by atomic mass is 9.76. The van der Waals surface area contributed by atoms with E-state index < -0.39 is 0 Å². The third kappa shape index (κ3) is 5.75. The van der Waals surface area contributed by atoms with Crippen molar-refractivity contribution in [1.82, 2.24) is 9.55 Å². The minimum atomic E-state index is 0.430. The molecule has 3 nitrogen and oxygen atoms in total. The first-order valence-corrected chi connectivity index (χ1v) is 9.38. The molecule has 1 aliphatic carbocycles. The van der Waals surface area contributed by atoms with Crippen LogP contribution in [0.2, 0.25) is 0 Å². The second-order valence-corrected chi connectivity index (χ2v) is 6.98.